The molecule has 0 bridgehead atoms. The highest BCUT2D eigenvalue weighted by molar-refractivity contribution is 5.98. The number of carbonyl (C=O) groups is 8. The molecule has 22 heteroatoms. The summed E-state index contributed by atoms with van der Waals surface area (Å²) in [6.45, 7) is 21.0. The molecule has 2 aliphatic heterocycles. The normalized spacial score (nSPS) is 25.0. The number of hydrogen-bond acceptors (Lipinski definition) is 15. The fraction of sp³-hybridized carbons (Fsp3) is 0.719. The maximum atomic E-state index is 14.0. The number of rotatable bonds is 13. The van der Waals surface area contributed by atoms with Crippen molar-refractivity contribution in [2.24, 2.45) is 62.9 Å². The zero-order valence-electron chi connectivity index (χ0n) is 47.6. The molecule has 0 aromatic carbocycles. The Morgan fingerprint density at radius 2 is 1.01 bits per heavy atom. The van der Waals surface area contributed by atoms with Crippen molar-refractivity contribution in [3.63, 3.8) is 0 Å². The third-order valence-corrected chi connectivity index (χ3v) is 17.4. The van der Waals surface area contributed by atoms with E-state index in [9.17, 15) is 43.5 Å². The van der Waals surface area contributed by atoms with Gasteiger partial charge in [-0.1, -0.05) is 115 Å². The Morgan fingerprint density at radius 1 is 0.620 bits per heavy atom. The van der Waals surface area contributed by atoms with Crippen molar-refractivity contribution < 1.29 is 52.9 Å². The number of carboxylic acid groups (broad SMARTS) is 1. The number of aliphatic carboxylic acids is 1. The predicted molar refractivity (Wildman–Crippen MR) is 297 cm³/mol. The molecule has 10 atom stereocenters. The highest BCUT2D eigenvalue weighted by atomic mass is 35.5. The molecule has 4 saturated carbocycles. The molecule has 6 N–H and O–H groups in total. The van der Waals surface area contributed by atoms with E-state index in [1.807, 2.05) is 41.5 Å². The van der Waals surface area contributed by atoms with Crippen molar-refractivity contribution in [3.05, 3.63) is 48.6 Å². The van der Waals surface area contributed by atoms with Crippen molar-refractivity contribution in [2.45, 2.75) is 177 Å². The molecule has 2 aromatic rings. The molecule has 0 spiro atoms. The van der Waals surface area contributed by atoms with Crippen molar-refractivity contribution in [1.82, 2.24) is 45.7 Å². The lowest BCUT2D eigenvalue weighted by Crippen LogP contribution is -2.61. The Balaban J connectivity index is 0.000000277. The summed E-state index contributed by atoms with van der Waals surface area (Å²) in [7, 11) is 2.71. The number of piperidine rings is 2. The maximum Gasteiger partial charge on any atom is 0.328 e. The lowest BCUT2D eigenvalue weighted by Gasteiger charge is -2.38. The van der Waals surface area contributed by atoms with Gasteiger partial charge >= 0.3 is 17.9 Å². The predicted octanol–water partition coefficient (Wildman–Crippen LogP) is 5.66. The van der Waals surface area contributed by atoms with Gasteiger partial charge in [0.25, 0.3) is 11.8 Å². The third kappa shape index (κ3) is 15.0. The largest absolute Gasteiger partial charge is 0.480 e. The Bertz CT molecular complexity index is 2460. The van der Waals surface area contributed by atoms with Gasteiger partial charge in [0.15, 0.2) is 0 Å². The van der Waals surface area contributed by atoms with Gasteiger partial charge in [0.05, 0.1) is 32.7 Å². The Hall–Kier alpha value is -5.83. The van der Waals surface area contributed by atoms with E-state index in [-0.39, 0.29) is 94.8 Å². The number of nitrogens with zero attached hydrogens (tertiary/aromatic N) is 6. The molecule has 4 heterocycles. The molecule has 8 rings (SSSR count). The molecule has 440 valence electrons. The van der Waals surface area contributed by atoms with Crippen molar-refractivity contribution in [2.75, 3.05) is 27.3 Å². The van der Waals surface area contributed by atoms with Gasteiger partial charge in [-0.15, -0.1) is 12.4 Å². The topological polar surface area (TPSA) is 295 Å². The molecule has 2 saturated heterocycles. The second-order valence-corrected chi connectivity index (χ2v) is 25.2. The fourth-order valence-corrected chi connectivity index (χ4v) is 12.4. The minimum Gasteiger partial charge on any atom is -0.480 e. The van der Waals surface area contributed by atoms with Crippen LogP contribution in [0.15, 0.2) is 37.2 Å². The standard InChI is InChI=1S/C28H41N5O5.C15H26N2O3.C13H17N3O3.CH4.ClH/c1-27(2,3)22(25(36)33-15-17-19(28(17,4)5)21(33)26(37)38-6)32-24(35)20(16-10-8-7-9-11-16)31-23(34)18-14-29-12-13-30-18;1-14(2,3)11(16)12(18)17-7-8-9(15(8,4)5)10(17)13(19)20-6;17-12(10-8-14-6-7-15-10)16-11(13(18)19)9-4-2-1-3-5-9;;/h12-14,16-17,19-22H,7-11,15H2,1-6H3,(H,31,34)(H,32,35);8-11H,7,16H2,1-6H3;6-9,11H,1-5H2,(H,16,17)(H,18,19);1H4;1H/t17-,19-,20-,21-,22+;8-,9-,10-,11+;11-;;/m000../s1. The van der Waals surface area contributed by atoms with Gasteiger partial charge in [0, 0.05) is 49.7 Å². The van der Waals surface area contributed by atoms with Crippen molar-refractivity contribution in [3.8, 4) is 0 Å². The second-order valence-electron chi connectivity index (χ2n) is 25.2. The quantitative estimate of drug-likeness (QED) is 0.151. The highest BCUT2D eigenvalue weighted by Crippen LogP contribution is 2.66. The first kappa shape index (κ1) is 65.7. The van der Waals surface area contributed by atoms with Crippen LogP contribution in [0.1, 0.15) is 162 Å². The summed E-state index contributed by atoms with van der Waals surface area (Å²) in [4.78, 5) is 120. The summed E-state index contributed by atoms with van der Waals surface area (Å²) in [5.74, 6) is -2.74. The number of fused-ring (bicyclic) bond motifs is 2. The van der Waals surface area contributed by atoms with Gasteiger partial charge in [-0.2, -0.15) is 0 Å². The number of nitrogens with one attached hydrogen (secondary N) is 3. The minimum absolute atomic E-state index is 0. The Kier molecular flexibility index (Phi) is 22.1. The summed E-state index contributed by atoms with van der Waals surface area (Å²) in [6.07, 6.45) is 18.0. The van der Waals surface area contributed by atoms with E-state index in [2.05, 4.69) is 63.6 Å². The van der Waals surface area contributed by atoms with Crippen LogP contribution in [0.5, 0.6) is 0 Å². The van der Waals surface area contributed by atoms with Gasteiger partial charge in [-0.25, -0.2) is 24.4 Å². The van der Waals surface area contributed by atoms with Crippen molar-refractivity contribution >= 4 is 59.9 Å². The van der Waals surface area contributed by atoms with Crippen LogP contribution >= 0.6 is 12.4 Å². The average Bonchev–Trinajstić information content (AvgIpc) is 4.08. The molecule has 6 aliphatic rings. The van der Waals surface area contributed by atoms with Crippen molar-refractivity contribution in [1.29, 1.82) is 0 Å². The molecular formula is C57H89ClN10O11. The highest BCUT2D eigenvalue weighted by Gasteiger charge is 2.71. The molecule has 6 fully saturated rings. The molecule has 4 aliphatic carbocycles. The van der Waals surface area contributed by atoms with Crippen LogP contribution in [-0.4, -0.2) is 146 Å². The van der Waals surface area contributed by atoms with Crippen LogP contribution in [0, 0.1) is 57.2 Å². The molecule has 0 radical (unpaired) electrons. The summed E-state index contributed by atoms with van der Waals surface area (Å²) < 4.78 is 9.97. The van der Waals surface area contributed by atoms with Crippen LogP contribution < -0.4 is 21.7 Å². The zero-order valence-corrected chi connectivity index (χ0v) is 48.4. The molecular weight excluding hydrogens is 1040 g/mol. The zero-order chi connectivity index (χ0) is 56.9. The maximum absolute atomic E-state index is 14.0. The number of aromatic nitrogens is 4. The van der Waals surface area contributed by atoms with E-state index in [0.717, 1.165) is 64.2 Å². The number of halogens is 1. The number of likely N-dealkylation sites (tertiary alicyclic amines) is 2. The van der Waals surface area contributed by atoms with Crippen LogP contribution in [0.25, 0.3) is 0 Å². The Morgan fingerprint density at radius 3 is 1.37 bits per heavy atom. The van der Waals surface area contributed by atoms with E-state index >= 15 is 0 Å². The molecule has 21 nitrogen and oxygen atoms in total. The third-order valence-electron chi connectivity index (χ3n) is 17.4. The average molecular weight is 1130 g/mol. The number of carboxylic acids is 1. The summed E-state index contributed by atoms with van der Waals surface area (Å²) in [6, 6.07) is -4.28. The van der Waals surface area contributed by atoms with Crippen LogP contribution in [0.2, 0.25) is 0 Å². The molecule has 2 aromatic heterocycles. The van der Waals surface area contributed by atoms with Crippen LogP contribution in [0.3, 0.4) is 0 Å². The minimum atomic E-state index is -0.982. The number of amides is 5. The van der Waals surface area contributed by atoms with Gasteiger partial charge in [0.2, 0.25) is 17.7 Å². The summed E-state index contributed by atoms with van der Waals surface area (Å²) in [5, 5.41) is 17.7. The molecule has 0 unspecified atom stereocenters. The van der Waals surface area contributed by atoms with E-state index in [4.69, 9.17) is 15.2 Å². The van der Waals surface area contributed by atoms with Crippen LogP contribution in [0.4, 0.5) is 0 Å². The summed E-state index contributed by atoms with van der Waals surface area (Å²) in [5.41, 5.74) is 5.46. The van der Waals surface area contributed by atoms with Gasteiger partial charge in [0.1, 0.15) is 41.6 Å². The Labute approximate surface area is 472 Å². The molecule has 79 heavy (non-hydrogen) atoms. The number of methoxy groups -OCH3 is 2. The van der Waals surface area contributed by atoms with E-state index in [1.54, 1.807) is 9.80 Å². The van der Waals surface area contributed by atoms with E-state index in [0.29, 0.717) is 19.0 Å². The van der Waals surface area contributed by atoms with E-state index in [1.165, 1.54) is 51.4 Å². The van der Waals surface area contributed by atoms with Gasteiger partial charge in [-0.3, -0.25) is 33.9 Å². The lowest BCUT2D eigenvalue weighted by molar-refractivity contribution is -0.155. The second kappa shape index (κ2) is 26.6. The number of nitrogens with two attached hydrogens (primary N) is 1. The van der Waals surface area contributed by atoms with E-state index < -0.39 is 71.3 Å². The number of hydrogen-bond donors (Lipinski definition) is 5. The fourth-order valence-electron chi connectivity index (χ4n) is 12.4. The first-order valence-corrected chi connectivity index (χ1v) is 27.3. The SMILES string of the molecule is C.COC(=O)[C@@H]1[C@@H]2[C@H](CN1C(=O)[C@@H](N)C(C)(C)C)C2(C)C.COC(=O)[C@@H]1[C@@H]2[C@H](CN1C(=O)[C@@H](NC(=O)[C@@H](NC(=O)c1cnccn1)C1CCCCC1)C(C)(C)C)C2(C)C.Cl.O=C(N[C@H](C(=O)O)C1CCCCC1)c1cnccn1. The first-order valence-electron chi connectivity index (χ1n) is 27.3. The smallest absolute Gasteiger partial charge is 0.328 e. The number of carbonyl (C=O) groups excluding carboxylic acids is 7. The molecule has 5 amide bonds. The lowest BCUT2D eigenvalue weighted by atomic mass is 9.82. The number of esters is 2. The van der Waals surface area contributed by atoms with Crippen LogP contribution in [-0.2, 0) is 38.2 Å². The monoisotopic (exact) mass is 1120 g/mol. The first-order chi connectivity index (χ1) is 36.1. The van der Waals surface area contributed by atoms with Gasteiger partial charge < -0.3 is 46.1 Å². The summed E-state index contributed by atoms with van der Waals surface area (Å²) >= 11 is 0. The van der Waals surface area contributed by atoms with Gasteiger partial charge in [-0.05, 0) is 71.0 Å². The number of ether oxygens (including phenoxy) is 2.